The molecule has 0 spiro atoms. The van der Waals surface area contributed by atoms with Crippen molar-refractivity contribution in [2.24, 2.45) is 17.8 Å². The number of unbranched alkanes of at least 4 members (excludes halogenated alkanes) is 5. The summed E-state index contributed by atoms with van der Waals surface area (Å²) in [6.45, 7) is 6.69. The van der Waals surface area contributed by atoms with Crippen LogP contribution in [0.3, 0.4) is 0 Å². The molecule has 1 aliphatic rings. The fourth-order valence-electron chi connectivity index (χ4n) is 7.55. The Morgan fingerprint density at radius 3 is 2.24 bits per heavy atom. The first-order valence-corrected chi connectivity index (χ1v) is 22.4. The molecule has 6 N–H and O–H groups in total. The lowest BCUT2D eigenvalue weighted by Crippen LogP contribution is -2.52. The molecule has 1 aliphatic heterocycles. The van der Waals surface area contributed by atoms with Crippen molar-refractivity contribution < 1.29 is 52.7 Å². The predicted octanol–water partition coefficient (Wildman–Crippen LogP) is 3.39. The Labute approximate surface area is 347 Å². The zero-order chi connectivity index (χ0) is 43.5. The van der Waals surface area contributed by atoms with Gasteiger partial charge in [0.2, 0.25) is 17.7 Å². The number of carbonyl (C=O) groups excluding carboxylic acids is 6. The van der Waals surface area contributed by atoms with Crippen LogP contribution >= 0.6 is 7.82 Å². The van der Waals surface area contributed by atoms with E-state index in [0.717, 1.165) is 44.9 Å². The number of Topliss-reactive ketones (excluding diaryl/α,β-unsaturated/α-hetero) is 2. The van der Waals surface area contributed by atoms with Crippen molar-refractivity contribution in [3.05, 3.63) is 54.1 Å². The molecule has 59 heavy (non-hydrogen) atoms. The highest BCUT2D eigenvalue weighted by atomic mass is 31.2. The second kappa shape index (κ2) is 24.9. The number of aryl methyl sites for hydroxylation is 2. The van der Waals surface area contributed by atoms with E-state index in [1.54, 1.807) is 12.5 Å². The first-order chi connectivity index (χ1) is 28.0. The summed E-state index contributed by atoms with van der Waals surface area (Å²) in [4.78, 5) is 103. The number of nitrogens with zero attached hydrogens (tertiary/aromatic N) is 3. The van der Waals surface area contributed by atoms with Crippen LogP contribution in [-0.4, -0.2) is 107 Å². The molecule has 17 heteroatoms. The maximum Gasteiger partial charge on any atom is 0.630 e. The third-order valence-corrected chi connectivity index (χ3v) is 11.5. The third-order valence-electron chi connectivity index (χ3n) is 10.9. The van der Waals surface area contributed by atoms with E-state index in [1.807, 2.05) is 24.5 Å². The highest BCUT2D eigenvalue weighted by Gasteiger charge is 2.38. The zero-order valence-corrected chi connectivity index (χ0v) is 35.8. The molecule has 0 unspecified atom stereocenters. The molecule has 6 atom stereocenters. The van der Waals surface area contributed by atoms with Gasteiger partial charge in [-0.1, -0.05) is 69.9 Å². The van der Waals surface area contributed by atoms with Gasteiger partial charge in [-0.3, -0.25) is 33.8 Å². The average Bonchev–Trinajstić information content (AvgIpc) is 3.86. The van der Waals surface area contributed by atoms with Crippen LogP contribution in [0.1, 0.15) is 110 Å². The second-order valence-electron chi connectivity index (χ2n) is 16.2. The van der Waals surface area contributed by atoms with Crippen LogP contribution < -0.4 is 10.6 Å². The molecule has 16 nitrogen and oxygen atoms in total. The minimum Gasteiger partial charge on any atom is -0.394 e. The number of nitrogens with one attached hydrogen (secondary N) is 2. The smallest absolute Gasteiger partial charge is 0.394 e. The Bertz CT molecular complexity index is 1710. The van der Waals surface area contributed by atoms with E-state index >= 15 is 0 Å². The molecule has 0 radical (unpaired) electrons. The molecule has 1 fully saturated rings. The van der Waals surface area contributed by atoms with Crippen molar-refractivity contribution in [2.45, 2.75) is 142 Å². The van der Waals surface area contributed by atoms with E-state index in [-0.39, 0.29) is 31.1 Å². The quantitative estimate of drug-likeness (QED) is 0.0360. The monoisotopic (exact) mass is 846 g/mol. The molecule has 1 aromatic carbocycles. The van der Waals surface area contributed by atoms with Crippen molar-refractivity contribution in [2.75, 3.05) is 13.2 Å². The van der Waals surface area contributed by atoms with Crippen LogP contribution in [0.4, 0.5) is 0 Å². The summed E-state index contributed by atoms with van der Waals surface area (Å²) in [7, 11) is -4.86. The summed E-state index contributed by atoms with van der Waals surface area (Å²) in [5.41, 5.74) is 2.01. The van der Waals surface area contributed by atoms with E-state index in [1.165, 1.54) is 24.3 Å². The molecule has 0 bridgehead atoms. The van der Waals surface area contributed by atoms with Crippen LogP contribution in [0, 0.1) is 17.8 Å². The van der Waals surface area contributed by atoms with Gasteiger partial charge in [0.05, 0.1) is 30.8 Å². The molecule has 328 valence electrons. The second-order valence-corrected chi connectivity index (χ2v) is 17.4. The Morgan fingerprint density at radius 1 is 0.949 bits per heavy atom. The van der Waals surface area contributed by atoms with Crippen molar-refractivity contribution >= 4 is 43.4 Å². The van der Waals surface area contributed by atoms with Gasteiger partial charge < -0.3 is 34.5 Å². The maximum absolute atomic E-state index is 14.1. The van der Waals surface area contributed by atoms with E-state index < -0.39 is 80.3 Å². The highest BCUT2D eigenvalue weighted by molar-refractivity contribution is 7.45. The van der Waals surface area contributed by atoms with Gasteiger partial charge in [0.1, 0.15) is 18.4 Å². The van der Waals surface area contributed by atoms with Crippen molar-refractivity contribution in [3.63, 3.8) is 0 Å². The molecule has 3 rings (SSSR count). The number of hydrogen-bond donors (Lipinski definition) is 5. The summed E-state index contributed by atoms with van der Waals surface area (Å²) in [6.07, 6.45) is 10.3. The molecule has 0 saturated carbocycles. The lowest BCUT2D eigenvalue weighted by Gasteiger charge is -2.27. The molecule has 2 heterocycles. The number of benzene rings is 1. The van der Waals surface area contributed by atoms with Gasteiger partial charge in [0.25, 0.3) is 0 Å². The Kier molecular flexibility index (Phi) is 20.8. The topological polar surface area (TPSA) is 238 Å². The SMILES string of the molecule is CC(=O)N1CCC[C@H]1C(=O)N[C@@H](CC(C)C)C(=O)C[C@@H](Cc1cncn1CCCCCCCCc1ccccc1)C(=O)N[C@@H](CO)C(=O)C[C@H](C=O)[C@@H](C)[OH+]P(=O)(O)O. The number of amides is 3. The number of likely N-dealkylation sites (tertiary alicyclic amines) is 1. The van der Waals surface area contributed by atoms with Gasteiger partial charge in [-0.2, -0.15) is 4.57 Å². The molecule has 0 aliphatic carbocycles. The Hall–Kier alpha value is -4.08. The van der Waals surface area contributed by atoms with E-state index in [4.69, 9.17) is 0 Å². The maximum atomic E-state index is 14.1. The van der Waals surface area contributed by atoms with Gasteiger partial charge in [-0.05, 0) is 50.0 Å². The number of aromatic nitrogens is 2. The summed E-state index contributed by atoms with van der Waals surface area (Å²) in [5, 5.41) is 15.6. The Balaban J connectivity index is 1.74. The lowest BCUT2D eigenvalue weighted by molar-refractivity contribution is -0.138. The predicted molar refractivity (Wildman–Crippen MR) is 221 cm³/mol. The summed E-state index contributed by atoms with van der Waals surface area (Å²) in [5.74, 6) is -4.91. The standard InChI is InChI=1S/C42H64N5O11P/c1-29(2)21-36(44-42(54)38-18-14-20-47(38)31(4)50)39(51)23-33(41(53)45-37(27-49)40(52)24-34(26-48)30(3)58-59(55,56)57)22-35-25-43-28-46(35)19-13-8-6-5-7-10-15-32-16-11-9-12-17-32/h9,11-12,16-17,25-26,28-30,33-34,36-38,49H,5-8,10,13-15,18-24,27H2,1-4H3,(H,44,54)(H,45,53)(H2,55,56,57)/p+1/t30-,33-,34-,36+,37+,38+/m1/s1. The minimum absolute atomic E-state index is 0.0174. The third kappa shape index (κ3) is 17.2. The fourth-order valence-corrected chi connectivity index (χ4v) is 8.20. The van der Waals surface area contributed by atoms with Gasteiger partial charge in [0.15, 0.2) is 17.7 Å². The first kappa shape index (κ1) is 49.3. The number of aldehydes is 1. The van der Waals surface area contributed by atoms with E-state index in [0.29, 0.717) is 37.9 Å². The number of aliphatic hydroxyl groups excluding tert-OH is 1. The summed E-state index contributed by atoms with van der Waals surface area (Å²) < 4.78 is 16.6. The van der Waals surface area contributed by atoms with E-state index in [2.05, 4.69) is 44.4 Å². The highest BCUT2D eigenvalue weighted by Crippen LogP contribution is 2.36. The van der Waals surface area contributed by atoms with Crippen molar-refractivity contribution in [3.8, 4) is 0 Å². The molecule has 2 aromatic rings. The van der Waals surface area contributed by atoms with Crippen LogP contribution in [0.15, 0.2) is 42.9 Å². The number of aliphatic hydroxyl groups is 2. The van der Waals surface area contributed by atoms with Gasteiger partial charge in [0, 0.05) is 58.1 Å². The fraction of sp³-hybridized carbons (Fsp3) is 0.643. The van der Waals surface area contributed by atoms with Crippen LogP contribution in [0.2, 0.25) is 0 Å². The molecule has 3 amide bonds. The van der Waals surface area contributed by atoms with Crippen molar-refractivity contribution in [1.82, 2.24) is 25.1 Å². The van der Waals surface area contributed by atoms with Crippen LogP contribution in [0.25, 0.3) is 0 Å². The largest absolute Gasteiger partial charge is 0.630 e. The number of hydrogen-bond acceptors (Lipinski definition) is 9. The van der Waals surface area contributed by atoms with Crippen LogP contribution in [0.5, 0.6) is 0 Å². The summed E-state index contributed by atoms with van der Waals surface area (Å²) in [6, 6.07) is 7.24. The molecular weight excluding hydrogens is 781 g/mol. The van der Waals surface area contributed by atoms with Gasteiger partial charge in [-0.15, -0.1) is 0 Å². The van der Waals surface area contributed by atoms with Gasteiger partial charge >= 0.3 is 7.82 Å². The number of ketones is 2. The molecule has 1 aromatic heterocycles. The van der Waals surface area contributed by atoms with Gasteiger partial charge in [-0.25, -0.2) is 4.98 Å². The molecule has 1 saturated heterocycles. The normalized spacial score (nSPS) is 16.9. The van der Waals surface area contributed by atoms with Crippen LogP contribution in [-0.2, 0) is 52.7 Å². The summed E-state index contributed by atoms with van der Waals surface area (Å²) >= 11 is 0. The number of rotatable bonds is 28. The number of imidazole rings is 1. The zero-order valence-electron chi connectivity index (χ0n) is 34.9. The molecular formula is C42H65N5O11P+. The van der Waals surface area contributed by atoms with E-state index in [9.17, 15) is 48.2 Å². The van der Waals surface area contributed by atoms with Crippen molar-refractivity contribution in [1.29, 1.82) is 0 Å². The first-order valence-electron chi connectivity index (χ1n) is 20.8. The lowest BCUT2D eigenvalue weighted by atomic mass is 9.89. The number of carbonyl (C=O) groups is 6. The average molecular weight is 847 g/mol. The Morgan fingerprint density at radius 2 is 1.61 bits per heavy atom. The minimum atomic E-state index is -4.86.